The van der Waals surface area contributed by atoms with E-state index < -0.39 is 52.2 Å². The molecule has 0 spiro atoms. The van der Waals surface area contributed by atoms with Gasteiger partial charge in [-0.3, -0.25) is 14.5 Å². The molecule has 0 aliphatic carbocycles. The average Bonchev–Trinajstić information content (AvgIpc) is 2.92. The number of alkyl halides is 6. The van der Waals surface area contributed by atoms with Crippen LogP contribution in [0.25, 0.3) is 0 Å². The molecule has 0 bridgehead atoms. The Kier molecular flexibility index (Phi) is 8.94. The van der Waals surface area contributed by atoms with Gasteiger partial charge in [-0.15, -0.1) is 0 Å². The minimum atomic E-state index is -5.05. The Labute approximate surface area is 246 Å². The molecule has 4 rings (SSSR count). The van der Waals surface area contributed by atoms with Crippen LogP contribution in [0.3, 0.4) is 0 Å². The topological polar surface area (TPSA) is 43.9 Å². The molecule has 0 N–H and O–H groups in total. The Hall–Kier alpha value is -3.15. The second kappa shape index (κ2) is 11.7. The summed E-state index contributed by atoms with van der Waals surface area (Å²) in [6, 6.07) is 5.10. The zero-order valence-corrected chi connectivity index (χ0v) is 24.7. The molecule has 0 aromatic heterocycles. The number of rotatable bonds is 5. The summed E-state index contributed by atoms with van der Waals surface area (Å²) in [4.78, 5) is 31.7. The molecule has 2 aromatic rings. The summed E-state index contributed by atoms with van der Waals surface area (Å²) in [7, 11) is 3.25. The first kappa shape index (κ1) is 32.8. The summed E-state index contributed by atoms with van der Waals surface area (Å²) >= 11 is 0. The molecule has 2 heterocycles. The average molecular weight is 616 g/mol. The summed E-state index contributed by atoms with van der Waals surface area (Å²) < 4.78 is 95.7. The molecule has 2 aliphatic heterocycles. The van der Waals surface area contributed by atoms with Crippen molar-refractivity contribution < 1.29 is 40.3 Å². The molecule has 5 nitrogen and oxygen atoms in total. The van der Waals surface area contributed by atoms with Gasteiger partial charge < -0.3 is 9.80 Å². The van der Waals surface area contributed by atoms with E-state index in [9.17, 15) is 40.3 Å². The number of piperidine rings is 2. The molecule has 0 radical (unpaired) electrons. The lowest BCUT2D eigenvalue weighted by Crippen LogP contribution is -2.59. The van der Waals surface area contributed by atoms with Crippen LogP contribution in [0.4, 0.5) is 30.7 Å². The Bertz CT molecular complexity index is 1340. The monoisotopic (exact) mass is 615 g/mol. The minimum Gasteiger partial charge on any atom is -0.341 e. The molecule has 2 saturated heterocycles. The van der Waals surface area contributed by atoms with Crippen LogP contribution in [0, 0.1) is 12.7 Å². The summed E-state index contributed by atoms with van der Waals surface area (Å²) in [6.07, 6.45) is -7.87. The summed E-state index contributed by atoms with van der Waals surface area (Å²) in [5.41, 5.74) is -3.69. The molecule has 2 fully saturated rings. The van der Waals surface area contributed by atoms with E-state index in [4.69, 9.17) is 0 Å². The first-order valence-corrected chi connectivity index (χ1v) is 14.2. The van der Waals surface area contributed by atoms with Crippen LogP contribution in [-0.4, -0.2) is 65.9 Å². The van der Waals surface area contributed by atoms with Crippen LogP contribution in [0.2, 0.25) is 0 Å². The first-order chi connectivity index (χ1) is 19.8. The number of nitrogens with zero attached hydrogens (tertiary/aromatic N) is 3. The van der Waals surface area contributed by atoms with E-state index in [1.54, 1.807) is 24.9 Å². The van der Waals surface area contributed by atoms with Gasteiger partial charge in [0.15, 0.2) is 0 Å². The van der Waals surface area contributed by atoms with E-state index in [1.165, 1.54) is 37.9 Å². The van der Waals surface area contributed by atoms with Gasteiger partial charge in [0.2, 0.25) is 11.8 Å². The van der Waals surface area contributed by atoms with Gasteiger partial charge in [-0.2, -0.15) is 26.3 Å². The minimum absolute atomic E-state index is 0.0289. The number of halogens is 7. The van der Waals surface area contributed by atoms with Gasteiger partial charge in [-0.1, -0.05) is 6.07 Å². The molecule has 1 unspecified atom stereocenters. The fourth-order valence-corrected chi connectivity index (χ4v) is 6.49. The highest BCUT2D eigenvalue weighted by Crippen LogP contribution is 2.41. The predicted octanol–water partition coefficient (Wildman–Crippen LogP) is 6.73. The smallest absolute Gasteiger partial charge is 0.341 e. The highest BCUT2D eigenvalue weighted by molar-refractivity contribution is 5.87. The van der Waals surface area contributed by atoms with Crippen LogP contribution in [-0.2, 0) is 27.4 Å². The number of carbonyl (C=O) groups excluding carboxylic acids is 2. The van der Waals surface area contributed by atoms with Crippen LogP contribution < -0.4 is 0 Å². The molecule has 2 amide bonds. The van der Waals surface area contributed by atoms with E-state index in [1.807, 2.05) is 0 Å². The molecule has 12 heteroatoms. The van der Waals surface area contributed by atoms with Crippen LogP contribution in [0.5, 0.6) is 0 Å². The maximum Gasteiger partial charge on any atom is 0.416 e. The van der Waals surface area contributed by atoms with E-state index in [0.717, 1.165) is 18.4 Å². The third-order valence-electron chi connectivity index (χ3n) is 9.02. The van der Waals surface area contributed by atoms with Crippen molar-refractivity contribution in [1.82, 2.24) is 14.7 Å². The van der Waals surface area contributed by atoms with E-state index in [0.29, 0.717) is 43.6 Å². The number of hydrogen-bond acceptors (Lipinski definition) is 3. The quantitative estimate of drug-likeness (QED) is 0.351. The number of likely N-dealkylation sites (tertiary alicyclic amines) is 2. The number of amides is 2. The van der Waals surface area contributed by atoms with Crippen LogP contribution in [0.15, 0.2) is 36.4 Å². The van der Waals surface area contributed by atoms with Crippen molar-refractivity contribution >= 4 is 11.8 Å². The Balaban J connectivity index is 1.71. The molecule has 236 valence electrons. The number of hydrogen-bond donors (Lipinski definition) is 0. The number of carbonyl (C=O) groups is 2. The van der Waals surface area contributed by atoms with E-state index in [2.05, 4.69) is 4.90 Å². The normalized spacial score (nSPS) is 22.6. The zero-order valence-electron chi connectivity index (χ0n) is 24.7. The van der Waals surface area contributed by atoms with Crippen molar-refractivity contribution in [3.05, 3.63) is 70.0 Å². The Morgan fingerprint density at radius 1 is 0.930 bits per heavy atom. The standard InChI is InChI=1S/C31H36F7N3O2/c1-18-13-22(32)9-10-23(18)24-17-41(26-7-6-8-27(42)40(26)5)12-11-25(24)39(4)28(43)29(2,3)19-14-20(30(33,34)35)16-21(15-19)31(36,37)38/h9-10,13-16,24-26H,6-8,11-12,17H2,1-5H3/t24-,25+,26?/m1/s1. The second-order valence-corrected chi connectivity index (χ2v) is 12.2. The van der Waals surface area contributed by atoms with Crippen molar-refractivity contribution in [2.45, 2.75) is 82.3 Å². The van der Waals surface area contributed by atoms with Gasteiger partial charge in [0.05, 0.1) is 22.7 Å². The summed E-state index contributed by atoms with van der Waals surface area (Å²) in [6.45, 7) is 5.30. The number of benzene rings is 2. The van der Waals surface area contributed by atoms with E-state index >= 15 is 0 Å². The number of likely N-dealkylation sites (N-methyl/N-ethyl adjacent to an activating group) is 1. The van der Waals surface area contributed by atoms with E-state index in [-0.39, 0.29) is 24.1 Å². The van der Waals surface area contributed by atoms with Crippen LogP contribution in [0.1, 0.15) is 73.3 Å². The van der Waals surface area contributed by atoms with Gasteiger partial charge in [0.25, 0.3) is 0 Å². The summed E-state index contributed by atoms with van der Waals surface area (Å²) in [5.74, 6) is -1.41. The molecular weight excluding hydrogens is 579 g/mol. The lowest BCUT2D eigenvalue weighted by Gasteiger charge is -2.49. The third kappa shape index (κ3) is 6.68. The summed E-state index contributed by atoms with van der Waals surface area (Å²) in [5, 5.41) is 0. The van der Waals surface area contributed by atoms with Crippen molar-refractivity contribution in [3.8, 4) is 0 Å². The van der Waals surface area contributed by atoms with Crippen molar-refractivity contribution in [1.29, 1.82) is 0 Å². The van der Waals surface area contributed by atoms with Crippen molar-refractivity contribution in [2.75, 3.05) is 27.2 Å². The maximum absolute atomic E-state index is 14.1. The van der Waals surface area contributed by atoms with Gasteiger partial charge in [-0.05, 0) is 87.1 Å². The molecule has 2 aromatic carbocycles. The van der Waals surface area contributed by atoms with Crippen molar-refractivity contribution in [3.63, 3.8) is 0 Å². The maximum atomic E-state index is 14.1. The third-order valence-corrected chi connectivity index (χ3v) is 9.02. The Morgan fingerprint density at radius 3 is 2.07 bits per heavy atom. The van der Waals surface area contributed by atoms with Gasteiger partial charge in [-0.25, -0.2) is 4.39 Å². The molecule has 0 saturated carbocycles. The first-order valence-electron chi connectivity index (χ1n) is 14.2. The van der Waals surface area contributed by atoms with Crippen molar-refractivity contribution in [2.24, 2.45) is 0 Å². The number of aryl methyl sites for hydroxylation is 1. The molecule has 43 heavy (non-hydrogen) atoms. The van der Waals surface area contributed by atoms with Crippen LogP contribution >= 0.6 is 0 Å². The molecule has 2 aliphatic rings. The zero-order chi connectivity index (χ0) is 32.1. The molecular formula is C31H36F7N3O2. The fraction of sp³-hybridized carbons (Fsp3) is 0.548. The Morgan fingerprint density at radius 2 is 1.51 bits per heavy atom. The highest BCUT2D eigenvalue weighted by Gasteiger charge is 2.45. The largest absolute Gasteiger partial charge is 0.416 e. The van der Waals surface area contributed by atoms with Gasteiger partial charge in [0.1, 0.15) is 5.82 Å². The lowest BCUT2D eigenvalue weighted by molar-refractivity contribution is -0.145. The highest BCUT2D eigenvalue weighted by atomic mass is 19.4. The SMILES string of the molecule is Cc1cc(F)ccc1[C@H]1CN(C2CCCC(=O)N2C)CC[C@@H]1N(C)C(=O)C(C)(C)c1cc(C(F)(F)F)cc(C(F)(F)F)c1. The van der Waals surface area contributed by atoms with Gasteiger partial charge in [0, 0.05) is 45.6 Å². The fourth-order valence-electron chi connectivity index (χ4n) is 6.49. The predicted molar refractivity (Wildman–Crippen MR) is 147 cm³/mol. The van der Waals surface area contributed by atoms with Gasteiger partial charge >= 0.3 is 12.4 Å². The lowest BCUT2D eigenvalue weighted by atomic mass is 9.78. The second-order valence-electron chi connectivity index (χ2n) is 12.2. The molecule has 3 atom stereocenters.